The molecule has 1 saturated carbocycles. The lowest BCUT2D eigenvalue weighted by atomic mass is 10.1. The van der Waals surface area contributed by atoms with Crippen molar-refractivity contribution in [3.63, 3.8) is 0 Å². The summed E-state index contributed by atoms with van der Waals surface area (Å²) in [5.41, 5.74) is 0.919. The second-order valence-corrected chi connectivity index (χ2v) is 11.8. The van der Waals surface area contributed by atoms with Crippen LogP contribution in [0.5, 0.6) is 0 Å². The largest absolute Gasteiger partial charge is 0.461 e. The Kier molecular flexibility index (Phi) is 8.63. The predicted molar refractivity (Wildman–Crippen MR) is 155 cm³/mol. The van der Waals surface area contributed by atoms with Crippen LogP contribution in [0.2, 0.25) is 5.02 Å². The van der Waals surface area contributed by atoms with E-state index >= 15 is 0 Å². The number of amides is 2. The summed E-state index contributed by atoms with van der Waals surface area (Å²) in [6.07, 6.45) is -2.49. The Morgan fingerprint density at radius 1 is 1.14 bits per heavy atom. The summed E-state index contributed by atoms with van der Waals surface area (Å²) in [4.78, 5) is 31.6. The van der Waals surface area contributed by atoms with Crippen LogP contribution in [0.25, 0.3) is 5.82 Å². The topological polar surface area (TPSA) is 133 Å². The molecule has 3 heterocycles. The molecule has 18 heteroatoms. The van der Waals surface area contributed by atoms with Crippen LogP contribution in [0, 0.1) is 16.4 Å². The van der Waals surface area contributed by atoms with Crippen LogP contribution in [0.15, 0.2) is 36.5 Å². The molecular formula is C26H22ClF5IN9O2. The Hall–Kier alpha value is -3.74. The van der Waals surface area contributed by atoms with E-state index in [2.05, 4.69) is 58.7 Å². The number of carbonyl (C=O) groups excluding carboxylic acids is 2. The summed E-state index contributed by atoms with van der Waals surface area (Å²) < 4.78 is 67.5. The zero-order valence-electron chi connectivity index (χ0n) is 22.8. The second-order valence-electron chi connectivity index (χ2n) is 10.2. The molecule has 232 valence electrons. The van der Waals surface area contributed by atoms with Gasteiger partial charge in [-0.1, -0.05) is 11.6 Å². The third-order valence-corrected chi connectivity index (χ3v) is 7.71. The molecule has 2 N–H and O–H groups in total. The van der Waals surface area contributed by atoms with Crippen LogP contribution in [0.4, 0.5) is 27.6 Å². The zero-order chi connectivity index (χ0) is 32.0. The number of anilines is 1. The number of aromatic nitrogens is 7. The molecular weight excluding hydrogens is 728 g/mol. The Labute approximate surface area is 264 Å². The predicted octanol–water partition coefficient (Wildman–Crippen LogP) is 5.30. The molecule has 0 aliphatic heterocycles. The van der Waals surface area contributed by atoms with E-state index in [-0.39, 0.29) is 45.4 Å². The SMILES string of the molecule is Cc1cc(I)cc(C(=O)NC(C)C2CC2)c1NC(=O)c1cc(Cn2nnc(C(F)(F)C(F)(F)F)n2)nn1-c1ncccc1Cl. The van der Waals surface area contributed by atoms with Gasteiger partial charge < -0.3 is 10.6 Å². The summed E-state index contributed by atoms with van der Waals surface area (Å²) in [6.45, 7) is 3.11. The lowest BCUT2D eigenvalue weighted by molar-refractivity contribution is -0.292. The minimum Gasteiger partial charge on any atom is -0.349 e. The monoisotopic (exact) mass is 749 g/mol. The van der Waals surface area contributed by atoms with Crippen LogP contribution >= 0.6 is 34.2 Å². The van der Waals surface area contributed by atoms with Crippen LogP contribution in [-0.4, -0.2) is 59.0 Å². The van der Waals surface area contributed by atoms with E-state index in [4.69, 9.17) is 11.6 Å². The Morgan fingerprint density at radius 2 is 1.86 bits per heavy atom. The van der Waals surface area contributed by atoms with Crippen molar-refractivity contribution in [1.82, 2.24) is 40.3 Å². The first-order chi connectivity index (χ1) is 20.7. The molecule has 0 spiro atoms. The number of aryl methyl sites for hydroxylation is 1. The van der Waals surface area contributed by atoms with Crippen molar-refractivity contribution in [1.29, 1.82) is 0 Å². The maximum Gasteiger partial charge on any atom is 0.461 e. The smallest absolute Gasteiger partial charge is 0.349 e. The van der Waals surface area contributed by atoms with Crippen molar-refractivity contribution in [2.45, 2.75) is 51.4 Å². The maximum absolute atomic E-state index is 13.7. The highest BCUT2D eigenvalue weighted by molar-refractivity contribution is 14.1. The molecule has 0 radical (unpaired) electrons. The van der Waals surface area contributed by atoms with Crippen LogP contribution in [0.3, 0.4) is 0 Å². The highest BCUT2D eigenvalue weighted by Crippen LogP contribution is 2.42. The van der Waals surface area contributed by atoms with Crippen molar-refractivity contribution < 1.29 is 31.5 Å². The van der Waals surface area contributed by atoms with Gasteiger partial charge >= 0.3 is 12.1 Å². The number of rotatable bonds is 9. The number of carbonyl (C=O) groups is 2. The first kappa shape index (κ1) is 31.7. The molecule has 0 saturated heterocycles. The van der Waals surface area contributed by atoms with Crippen molar-refractivity contribution in [3.05, 3.63) is 73.5 Å². The maximum atomic E-state index is 13.7. The number of nitrogens with zero attached hydrogens (tertiary/aromatic N) is 7. The fourth-order valence-electron chi connectivity index (χ4n) is 4.34. The molecule has 4 aromatic rings. The first-order valence-electron chi connectivity index (χ1n) is 13.0. The van der Waals surface area contributed by atoms with Crippen LogP contribution < -0.4 is 10.6 Å². The van der Waals surface area contributed by atoms with Crippen molar-refractivity contribution >= 4 is 51.7 Å². The molecule has 1 aliphatic carbocycles. The highest BCUT2D eigenvalue weighted by atomic mass is 127. The number of pyridine rings is 1. The van der Waals surface area contributed by atoms with Gasteiger partial charge in [0.05, 0.1) is 22.0 Å². The summed E-state index contributed by atoms with van der Waals surface area (Å²) in [5, 5.41) is 19.4. The van der Waals surface area contributed by atoms with Crippen molar-refractivity contribution in [2.75, 3.05) is 5.32 Å². The van der Waals surface area contributed by atoms with Gasteiger partial charge in [0.1, 0.15) is 12.2 Å². The van der Waals surface area contributed by atoms with E-state index in [0.29, 0.717) is 16.3 Å². The fourth-order valence-corrected chi connectivity index (χ4v) is 5.32. The van der Waals surface area contributed by atoms with E-state index < -0.39 is 30.4 Å². The van der Waals surface area contributed by atoms with Crippen molar-refractivity contribution in [3.8, 4) is 5.82 Å². The van der Waals surface area contributed by atoms with Gasteiger partial charge in [-0.15, -0.1) is 10.2 Å². The molecule has 2 amide bonds. The first-order valence-corrected chi connectivity index (χ1v) is 14.5. The Bertz CT molecular complexity index is 1740. The quantitative estimate of drug-likeness (QED) is 0.175. The van der Waals surface area contributed by atoms with Crippen LogP contribution in [0.1, 0.15) is 57.7 Å². The number of hydrogen-bond donors (Lipinski definition) is 2. The minimum absolute atomic E-state index is 0.0216. The number of benzene rings is 1. The molecule has 1 fully saturated rings. The third-order valence-electron chi connectivity index (χ3n) is 6.80. The summed E-state index contributed by atoms with van der Waals surface area (Å²) >= 11 is 8.38. The van der Waals surface area contributed by atoms with E-state index in [1.807, 2.05) is 6.92 Å². The minimum atomic E-state index is -5.93. The van der Waals surface area contributed by atoms with Gasteiger partial charge in [-0.3, -0.25) is 9.59 Å². The lowest BCUT2D eigenvalue weighted by Gasteiger charge is -2.18. The van der Waals surface area contributed by atoms with Crippen molar-refractivity contribution in [2.24, 2.45) is 5.92 Å². The standard InChI is InChI=1S/C26H22ClF5IN9O2/c1-12-8-15(33)9-17(22(43)35-13(2)14-5-6-14)20(12)36-23(44)19-10-16(38-42(19)21-18(27)4-3-7-34-21)11-41-39-24(37-40-41)25(28,29)26(30,31)32/h3-4,7-10,13-14H,5-6,11H2,1-2H3,(H,35,43)(H,36,44). The molecule has 1 unspecified atom stereocenters. The molecule has 3 aromatic heterocycles. The van der Waals surface area contributed by atoms with E-state index in [9.17, 15) is 31.5 Å². The van der Waals surface area contributed by atoms with E-state index in [1.165, 1.54) is 18.3 Å². The van der Waals surface area contributed by atoms with Gasteiger partial charge in [0, 0.05) is 15.8 Å². The molecule has 44 heavy (non-hydrogen) atoms. The normalized spacial score (nSPS) is 14.4. The molecule has 11 nitrogen and oxygen atoms in total. The van der Waals surface area contributed by atoms with Gasteiger partial charge in [0.15, 0.2) is 5.82 Å². The fraction of sp³-hybridized carbons (Fsp3) is 0.346. The van der Waals surface area contributed by atoms with Gasteiger partial charge in [0.25, 0.3) is 17.6 Å². The Morgan fingerprint density at radius 3 is 2.52 bits per heavy atom. The zero-order valence-corrected chi connectivity index (χ0v) is 25.7. The molecule has 1 aromatic carbocycles. The number of nitrogens with one attached hydrogen (secondary N) is 2. The van der Waals surface area contributed by atoms with E-state index in [0.717, 1.165) is 21.1 Å². The van der Waals surface area contributed by atoms with Gasteiger partial charge in [-0.2, -0.15) is 31.8 Å². The average Bonchev–Trinajstić information content (AvgIpc) is 3.55. The summed E-state index contributed by atoms with van der Waals surface area (Å²) in [5.74, 6) is -7.86. The number of hydrogen-bond acceptors (Lipinski definition) is 7. The van der Waals surface area contributed by atoms with Gasteiger partial charge in [-0.25, -0.2) is 9.67 Å². The number of tetrazole rings is 1. The highest BCUT2D eigenvalue weighted by Gasteiger charge is 2.62. The second kappa shape index (κ2) is 12.0. The molecule has 1 atom stereocenters. The summed E-state index contributed by atoms with van der Waals surface area (Å²) in [6, 6.07) is 7.63. The van der Waals surface area contributed by atoms with E-state index in [1.54, 1.807) is 25.1 Å². The number of halogens is 7. The van der Waals surface area contributed by atoms with Crippen LogP contribution in [-0.2, 0) is 12.5 Å². The molecule has 1 aliphatic rings. The number of alkyl halides is 5. The third kappa shape index (κ3) is 6.52. The lowest BCUT2D eigenvalue weighted by Crippen LogP contribution is -2.35. The molecule has 5 rings (SSSR count). The van der Waals surface area contributed by atoms with Gasteiger partial charge in [-0.05, 0) is 96.3 Å². The van der Waals surface area contributed by atoms with Gasteiger partial charge in [0.2, 0.25) is 0 Å². The average molecular weight is 750 g/mol. The molecule has 0 bridgehead atoms. The summed E-state index contributed by atoms with van der Waals surface area (Å²) in [7, 11) is 0. The Balaban J connectivity index is 1.49.